The Kier molecular flexibility index (Phi) is 1.07. The first kappa shape index (κ1) is 5.59. The van der Waals surface area contributed by atoms with Gasteiger partial charge in [0, 0.05) is 5.57 Å². The minimum atomic E-state index is 0.526. The van der Waals surface area contributed by atoms with Gasteiger partial charge in [-0.05, 0) is 12.0 Å². The Balaban J connectivity index is 2.41. The zero-order chi connectivity index (χ0) is 6.97. The van der Waals surface area contributed by atoms with Crippen molar-refractivity contribution in [2.45, 2.75) is 6.92 Å². The first-order valence-corrected chi connectivity index (χ1v) is 3.38. The van der Waals surface area contributed by atoms with Crippen LogP contribution in [0.2, 0.25) is 0 Å². The van der Waals surface area contributed by atoms with Crippen LogP contribution in [0.25, 0.3) is 0 Å². The summed E-state index contributed by atoms with van der Waals surface area (Å²) in [5.74, 6) is 0.526. The van der Waals surface area contributed by atoms with Crippen LogP contribution in [0.4, 0.5) is 0 Å². The van der Waals surface area contributed by atoms with Gasteiger partial charge in [-0.1, -0.05) is 19.1 Å². The average Bonchev–Trinajstić information content (AvgIpc) is 2.33. The molecular formula is C8H8N2. The summed E-state index contributed by atoms with van der Waals surface area (Å²) >= 11 is 0. The molecule has 2 nitrogen and oxygen atoms in total. The third-order valence-corrected chi connectivity index (χ3v) is 1.66. The Labute approximate surface area is 59.7 Å². The number of nitrogens with zero attached hydrogens (tertiary/aromatic N) is 2. The van der Waals surface area contributed by atoms with Crippen molar-refractivity contribution in [1.82, 2.24) is 0 Å². The van der Waals surface area contributed by atoms with Gasteiger partial charge in [-0.3, -0.25) is 0 Å². The lowest BCUT2D eigenvalue weighted by molar-refractivity contribution is 0.934. The predicted molar refractivity (Wildman–Crippen MR) is 42.3 cm³/mol. The monoisotopic (exact) mass is 132 g/mol. The van der Waals surface area contributed by atoms with E-state index in [1.165, 1.54) is 0 Å². The Bertz CT molecular complexity index is 269. The molecule has 0 saturated heterocycles. The number of hydrogen-bond donors (Lipinski definition) is 0. The first-order valence-electron chi connectivity index (χ1n) is 3.38. The van der Waals surface area contributed by atoms with Gasteiger partial charge in [-0.25, -0.2) is 0 Å². The number of hydrogen-bond acceptors (Lipinski definition) is 2. The van der Waals surface area contributed by atoms with E-state index in [4.69, 9.17) is 0 Å². The lowest BCUT2D eigenvalue weighted by atomic mass is 9.98. The number of rotatable bonds is 0. The van der Waals surface area contributed by atoms with Crippen molar-refractivity contribution in [2.24, 2.45) is 16.1 Å². The Hall–Kier alpha value is -1.18. The van der Waals surface area contributed by atoms with Crippen molar-refractivity contribution in [3.63, 3.8) is 0 Å². The molecule has 0 saturated carbocycles. The van der Waals surface area contributed by atoms with Crippen molar-refractivity contribution < 1.29 is 0 Å². The number of allylic oxidation sites excluding steroid dienone is 4. The standard InChI is InChI=1S/C8H8N2/c1-6-2-3-8-7(4-6)5-9-10-8/h2-6H,1H3. The second-order valence-corrected chi connectivity index (χ2v) is 2.57. The van der Waals surface area contributed by atoms with Crippen LogP contribution in [0.3, 0.4) is 0 Å². The van der Waals surface area contributed by atoms with Crippen molar-refractivity contribution >= 4 is 11.9 Å². The van der Waals surface area contributed by atoms with Crippen LogP contribution in [0, 0.1) is 5.92 Å². The summed E-state index contributed by atoms with van der Waals surface area (Å²) in [6.45, 7) is 2.15. The van der Waals surface area contributed by atoms with Crippen LogP contribution in [0.1, 0.15) is 6.92 Å². The molecule has 1 aliphatic carbocycles. The highest BCUT2D eigenvalue weighted by atomic mass is 15.2. The zero-order valence-corrected chi connectivity index (χ0v) is 5.78. The van der Waals surface area contributed by atoms with Crippen molar-refractivity contribution in [3.05, 3.63) is 23.8 Å². The summed E-state index contributed by atoms with van der Waals surface area (Å²) in [5, 5.41) is 7.73. The lowest BCUT2D eigenvalue weighted by Gasteiger charge is -2.05. The maximum atomic E-state index is 3.92. The van der Waals surface area contributed by atoms with Gasteiger partial charge in [-0.2, -0.15) is 10.2 Å². The van der Waals surface area contributed by atoms with E-state index >= 15 is 0 Å². The average molecular weight is 132 g/mol. The molecule has 10 heavy (non-hydrogen) atoms. The zero-order valence-electron chi connectivity index (χ0n) is 5.78. The van der Waals surface area contributed by atoms with Crippen molar-refractivity contribution in [2.75, 3.05) is 0 Å². The second-order valence-electron chi connectivity index (χ2n) is 2.57. The molecule has 1 unspecified atom stereocenters. The lowest BCUT2D eigenvalue weighted by Crippen LogP contribution is -2.03. The van der Waals surface area contributed by atoms with E-state index in [0.29, 0.717) is 5.92 Å². The van der Waals surface area contributed by atoms with Crippen LogP contribution in [-0.4, -0.2) is 11.9 Å². The van der Waals surface area contributed by atoms with Crippen LogP contribution >= 0.6 is 0 Å². The van der Waals surface area contributed by atoms with Gasteiger partial charge >= 0.3 is 0 Å². The highest BCUT2D eigenvalue weighted by molar-refractivity contribution is 6.24. The third-order valence-electron chi connectivity index (χ3n) is 1.66. The third kappa shape index (κ3) is 0.727. The van der Waals surface area contributed by atoms with Crippen molar-refractivity contribution in [3.8, 4) is 0 Å². The maximum absolute atomic E-state index is 3.92. The van der Waals surface area contributed by atoms with Crippen LogP contribution in [-0.2, 0) is 0 Å². The topological polar surface area (TPSA) is 24.7 Å². The van der Waals surface area contributed by atoms with Crippen LogP contribution < -0.4 is 0 Å². The molecule has 1 aliphatic heterocycles. The normalized spacial score (nSPS) is 27.9. The minimum absolute atomic E-state index is 0.526. The molecular weight excluding hydrogens is 124 g/mol. The molecule has 0 fully saturated rings. The van der Waals surface area contributed by atoms with Crippen LogP contribution in [0.15, 0.2) is 34.0 Å². The van der Waals surface area contributed by atoms with E-state index in [2.05, 4.69) is 29.3 Å². The number of fused-ring (bicyclic) bond motifs is 1. The van der Waals surface area contributed by atoms with Gasteiger partial charge in [0.1, 0.15) is 0 Å². The molecule has 50 valence electrons. The van der Waals surface area contributed by atoms with Gasteiger partial charge in [0.05, 0.1) is 11.9 Å². The molecule has 0 spiro atoms. The highest BCUT2D eigenvalue weighted by Gasteiger charge is 2.11. The molecule has 0 amide bonds. The summed E-state index contributed by atoms with van der Waals surface area (Å²) < 4.78 is 0. The van der Waals surface area contributed by atoms with E-state index in [0.717, 1.165) is 11.3 Å². The van der Waals surface area contributed by atoms with Gasteiger partial charge in [0.15, 0.2) is 0 Å². The molecule has 0 aromatic heterocycles. The van der Waals surface area contributed by atoms with Gasteiger partial charge < -0.3 is 0 Å². The largest absolute Gasteiger partial charge is 0.158 e. The van der Waals surface area contributed by atoms with Gasteiger partial charge in [-0.15, -0.1) is 0 Å². The SMILES string of the molecule is CC1C=CC2=NN=CC2=C1. The fourth-order valence-corrected chi connectivity index (χ4v) is 1.12. The van der Waals surface area contributed by atoms with E-state index in [1.54, 1.807) is 6.21 Å². The van der Waals surface area contributed by atoms with E-state index in [9.17, 15) is 0 Å². The van der Waals surface area contributed by atoms with Gasteiger partial charge in [0.25, 0.3) is 0 Å². The summed E-state index contributed by atoms with van der Waals surface area (Å²) in [6, 6.07) is 0. The molecule has 2 rings (SSSR count). The Morgan fingerprint density at radius 3 is 3.30 bits per heavy atom. The Morgan fingerprint density at radius 1 is 1.50 bits per heavy atom. The summed E-state index contributed by atoms with van der Waals surface area (Å²) in [7, 11) is 0. The quantitative estimate of drug-likeness (QED) is 0.478. The molecule has 1 heterocycles. The first-order chi connectivity index (χ1) is 4.86. The smallest absolute Gasteiger partial charge is 0.0939 e. The highest BCUT2D eigenvalue weighted by Crippen LogP contribution is 2.15. The molecule has 2 aliphatic rings. The molecule has 0 aromatic carbocycles. The fourth-order valence-electron chi connectivity index (χ4n) is 1.12. The molecule has 0 aromatic rings. The van der Waals surface area contributed by atoms with Crippen molar-refractivity contribution in [1.29, 1.82) is 0 Å². The van der Waals surface area contributed by atoms with Crippen LogP contribution in [0.5, 0.6) is 0 Å². The minimum Gasteiger partial charge on any atom is -0.158 e. The maximum Gasteiger partial charge on any atom is 0.0939 e. The molecule has 0 N–H and O–H groups in total. The molecule has 0 radical (unpaired) electrons. The van der Waals surface area contributed by atoms with E-state index in [1.807, 2.05) is 6.08 Å². The summed E-state index contributed by atoms with van der Waals surface area (Å²) in [6.07, 6.45) is 8.11. The van der Waals surface area contributed by atoms with E-state index in [-0.39, 0.29) is 0 Å². The Morgan fingerprint density at radius 2 is 2.40 bits per heavy atom. The fraction of sp³-hybridized carbons (Fsp3) is 0.250. The predicted octanol–water partition coefficient (Wildman–Crippen LogP) is 1.56. The van der Waals surface area contributed by atoms with Gasteiger partial charge in [0.2, 0.25) is 0 Å². The molecule has 1 atom stereocenters. The van der Waals surface area contributed by atoms with E-state index < -0.39 is 0 Å². The molecule has 0 bridgehead atoms. The summed E-state index contributed by atoms with van der Waals surface area (Å²) in [5.41, 5.74) is 2.16. The second kappa shape index (κ2) is 1.90. The summed E-state index contributed by atoms with van der Waals surface area (Å²) in [4.78, 5) is 0. The molecule has 2 heteroatoms.